The number of hydrogen-bond acceptors (Lipinski definition) is 4. The number of carbonyl (C=O) groups is 1. The maximum atomic E-state index is 12.3. The largest absolute Gasteiger partial charge is 0.444 e. The van der Waals surface area contributed by atoms with E-state index in [1.807, 2.05) is 25.7 Å². The average molecular weight is 284 g/mol. The lowest BCUT2D eigenvalue weighted by atomic mass is 9.79. The van der Waals surface area contributed by atoms with Crippen molar-refractivity contribution in [1.29, 1.82) is 0 Å². The van der Waals surface area contributed by atoms with Gasteiger partial charge in [-0.25, -0.2) is 10.3 Å². The predicted octanol–water partition coefficient (Wildman–Crippen LogP) is 2.92. The van der Waals surface area contributed by atoms with E-state index < -0.39 is 5.60 Å². The van der Waals surface area contributed by atoms with E-state index >= 15 is 0 Å². The molecule has 1 saturated heterocycles. The first-order valence-corrected chi connectivity index (χ1v) is 7.81. The maximum absolute atomic E-state index is 12.3. The Morgan fingerprint density at radius 1 is 1.20 bits per heavy atom. The molecule has 5 nitrogen and oxygen atoms in total. The normalized spacial score (nSPS) is 31.4. The molecule has 1 aliphatic heterocycles. The quantitative estimate of drug-likeness (QED) is 0.765. The third-order valence-electron chi connectivity index (χ3n) is 4.41. The summed E-state index contributed by atoms with van der Waals surface area (Å²) in [5, 5.41) is 9.35. The predicted molar refractivity (Wildman–Crippen MR) is 76.6 cm³/mol. The van der Waals surface area contributed by atoms with Gasteiger partial charge in [0, 0.05) is 18.6 Å². The van der Waals surface area contributed by atoms with Gasteiger partial charge in [-0.2, -0.15) is 0 Å². The first kappa shape index (κ1) is 15.6. The van der Waals surface area contributed by atoms with E-state index in [1.54, 1.807) is 0 Å². The molecule has 0 spiro atoms. The standard InChI is InChI=1S/C15H28N2O3/c1-15(2,3)20-14(18)17-10-6-9-13(17)11-7-4-5-8-12(11)16-19/h11-13,16,19H,4-10H2,1-3H3. The van der Waals surface area contributed by atoms with Crippen molar-refractivity contribution >= 4 is 6.09 Å². The fourth-order valence-corrected chi connectivity index (χ4v) is 3.57. The first-order chi connectivity index (χ1) is 9.42. The minimum absolute atomic E-state index is 0.108. The molecule has 0 bridgehead atoms. The van der Waals surface area contributed by atoms with Crippen LogP contribution < -0.4 is 5.48 Å². The minimum atomic E-state index is -0.453. The van der Waals surface area contributed by atoms with Crippen LogP contribution in [-0.4, -0.2) is 40.4 Å². The van der Waals surface area contributed by atoms with Gasteiger partial charge in [-0.15, -0.1) is 0 Å². The second-order valence-electron chi connectivity index (χ2n) is 7.07. The van der Waals surface area contributed by atoms with Crippen molar-refractivity contribution in [2.24, 2.45) is 5.92 Å². The lowest BCUT2D eigenvalue weighted by molar-refractivity contribution is 0.00337. The Balaban J connectivity index is 2.04. The fraction of sp³-hybridized carbons (Fsp3) is 0.933. The van der Waals surface area contributed by atoms with Gasteiger partial charge in [0.2, 0.25) is 0 Å². The molecule has 20 heavy (non-hydrogen) atoms. The molecule has 2 rings (SSSR count). The van der Waals surface area contributed by atoms with Gasteiger partial charge in [-0.1, -0.05) is 12.8 Å². The first-order valence-electron chi connectivity index (χ1n) is 7.81. The van der Waals surface area contributed by atoms with Crippen molar-refractivity contribution in [3.8, 4) is 0 Å². The van der Waals surface area contributed by atoms with Crippen molar-refractivity contribution in [1.82, 2.24) is 10.4 Å². The molecule has 2 aliphatic rings. The van der Waals surface area contributed by atoms with E-state index in [0.29, 0.717) is 5.92 Å². The molecule has 2 N–H and O–H groups in total. The topological polar surface area (TPSA) is 61.8 Å². The second kappa shape index (κ2) is 6.31. The highest BCUT2D eigenvalue weighted by Crippen LogP contribution is 2.35. The van der Waals surface area contributed by atoms with Gasteiger partial charge in [0.05, 0.1) is 0 Å². The SMILES string of the molecule is CC(C)(C)OC(=O)N1CCCC1C1CCCCC1NO. The molecule has 1 aliphatic carbocycles. The van der Waals surface area contributed by atoms with Crippen molar-refractivity contribution in [2.75, 3.05) is 6.54 Å². The Bertz CT molecular complexity index is 341. The van der Waals surface area contributed by atoms with Crippen LogP contribution in [0.2, 0.25) is 0 Å². The Labute approximate surface area is 121 Å². The van der Waals surface area contributed by atoms with Crippen molar-refractivity contribution < 1.29 is 14.7 Å². The molecule has 2 fully saturated rings. The molecule has 1 heterocycles. The molecule has 3 atom stereocenters. The number of hydroxylamine groups is 1. The lowest BCUT2D eigenvalue weighted by Crippen LogP contribution is -2.50. The number of nitrogens with zero attached hydrogens (tertiary/aromatic N) is 1. The number of hydrogen-bond donors (Lipinski definition) is 2. The molecular weight excluding hydrogens is 256 g/mol. The van der Waals surface area contributed by atoms with Crippen LogP contribution in [0.15, 0.2) is 0 Å². The smallest absolute Gasteiger partial charge is 0.410 e. The Morgan fingerprint density at radius 2 is 1.90 bits per heavy atom. The number of amides is 1. The fourth-order valence-electron chi connectivity index (χ4n) is 3.57. The van der Waals surface area contributed by atoms with Gasteiger partial charge >= 0.3 is 6.09 Å². The van der Waals surface area contributed by atoms with Crippen LogP contribution >= 0.6 is 0 Å². The third kappa shape index (κ3) is 3.64. The monoisotopic (exact) mass is 284 g/mol. The summed E-state index contributed by atoms with van der Waals surface area (Å²) in [4.78, 5) is 14.2. The van der Waals surface area contributed by atoms with Crippen LogP contribution in [0.4, 0.5) is 4.79 Å². The summed E-state index contributed by atoms with van der Waals surface area (Å²) in [5.41, 5.74) is 2.01. The van der Waals surface area contributed by atoms with Crippen molar-refractivity contribution in [3.63, 3.8) is 0 Å². The highest BCUT2D eigenvalue weighted by Gasteiger charge is 2.40. The zero-order chi connectivity index (χ0) is 14.8. The summed E-state index contributed by atoms with van der Waals surface area (Å²) in [6.07, 6.45) is 6.22. The molecule has 0 aromatic rings. The minimum Gasteiger partial charge on any atom is -0.444 e. The van der Waals surface area contributed by atoms with E-state index in [0.717, 1.165) is 38.6 Å². The molecule has 0 aromatic heterocycles. The van der Waals surface area contributed by atoms with Crippen LogP contribution in [0.3, 0.4) is 0 Å². The molecule has 0 radical (unpaired) electrons. The van der Waals surface area contributed by atoms with Crippen LogP contribution in [0.5, 0.6) is 0 Å². The van der Waals surface area contributed by atoms with Crippen LogP contribution in [0, 0.1) is 5.92 Å². The zero-order valence-electron chi connectivity index (χ0n) is 12.9. The van der Waals surface area contributed by atoms with E-state index in [1.165, 1.54) is 6.42 Å². The summed E-state index contributed by atoms with van der Waals surface area (Å²) in [6, 6.07) is 0.312. The third-order valence-corrected chi connectivity index (χ3v) is 4.41. The lowest BCUT2D eigenvalue weighted by Gasteiger charge is -2.39. The van der Waals surface area contributed by atoms with Gasteiger partial charge in [0.25, 0.3) is 0 Å². The second-order valence-corrected chi connectivity index (χ2v) is 7.07. The van der Waals surface area contributed by atoms with Gasteiger partial charge in [-0.05, 0) is 52.4 Å². The average Bonchev–Trinajstić information content (AvgIpc) is 2.85. The molecule has 5 heteroatoms. The van der Waals surface area contributed by atoms with Crippen LogP contribution in [-0.2, 0) is 4.74 Å². The van der Waals surface area contributed by atoms with Gasteiger partial charge in [0.1, 0.15) is 5.60 Å². The molecule has 1 amide bonds. The molecule has 1 saturated carbocycles. The van der Waals surface area contributed by atoms with E-state index in [9.17, 15) is 10.0 Å². The van der Waals surface area contributed by atoms with Gasteiger partial charge in [0.15, 0.2) is 0 Å². The van der Waals surface area contributed by atoms with Gasteiger partial charge < -0.3 is 14.8 Å². The zero-order valence-corrected chi connectivity index (χ0v) is 12.9. The summed E-state index contributed by atoms with van der Waals surface area (Å²) < 4.78 is 5.52. The molecular formula is C15H28N2O3. The molecule has 3 unspecified atom stereocenters. The van der Waals surface area contributed by atoms with Crippen molar-refractivity contribution in [2.45, 2.75) is 77.0 Å². The molecule has 116 valence electrons. The highest BCUT2D eigenvalue weighted by molar-refractivity contribution is 5.69. The Hall–Kier alpha value is -0.810. The van der Waals surface area contributed by atoms with Crippen LogP contribution in [0.25, 0.3) is 0 Å². The van der Waals surface area contributed by atoms with E-state index in [-0.39, 0.29) is 18.2 Å². The van der Waals surface area contributed by atoms with E-state index in [4.69, 9.17) is 4.74 Å². The van der Waals surface area contributed by atoms with Crippen LogP contribution in [0.1, 0.15) is 59.3 Å². The summed E-state index contributed by atoms with van der Waals surface area (Å²) in [6.45, 7) is 6.46. The highest BCUT2D eigenvalue weighted by atomic mass is 16.6. The summed E-state index contributed by atoms with van der Waals surface area (Å²) in [5.74, 6) is 0.337. The summed E-state index contributed by atoms with van der Waals surface area (Å²) in [7, 11) is 0. The summed E-state index contributed by atoms with van der Waals surface area (Å²) >= 11 is 0. The Kier molecular flexibility index (Phi) is 4.91. The number of carbonyl (C=O) groups excluding carboxylic acids is 1. The number of rotatable bonds is 2. The van der Waals surface area contributed by atoms with E-state index in [2.05, 4.69) is 5.48 Å². The Morgan fingerprint density at radius 3 is 2.55 bits per heavy atom. The number of nitrogens with one attached hydrogen (secondary N) is 1. The number of ether oxygens (including phenoxy) is 1. The number of likely N-dealkylation sites (tertiary alicyclic amines) is 1. The maximum Gasteiger partial charge on any atom is 0.410 e. The molecule has 0 aromatic carbocycles. The van der Waals surface area contributed by atoms with Crippen molar-refractivity contribution in [3.05, 3.63) is 0 Å². The van der Waals surface area contributed by atoms with Gasteiger partial charge in [-0.3, -0.25) is 0 Å².